The number of benzene rings is 2. The van der Waals surface area contributed by atoms with Crippen LogP contribution >= 0.6 is 0 Å². The number of carbonyl (C=O) groups excluding carboxylic acids is 1. The molecule has 3 aromatic rings. The first kappa shape index (κ1) is 22.0. The van der Waals surface area contributed by atoms with E-state index < -0.39 is 11.5 Å². The molecule has 0 spiro atoms. The molecule has 0 radical (unpaired) electrons. The SMILES string of the molecule is CC(C)(C)c1cc2cc(NC(=O)C3(c4ccc5c(c4)OCC5)CC3)ccc2n1CC(O)CO. The number of rotatable bonds is 6. The van der Waals surface area contributed by atoms with Gasteiger partial charge >= 0.3 is 0 Å². The summed E-state index contributed by atoms with van der Waals surface area (Å²) in [4.78, 5) is 13.3. The van der Waals surface area contributed by atoms with Crippen LogP contribution in [0, 0.1) is 0 Å². The number of ether oxygens (including phenoxy) is 1. The van der Waals surface area contributed by atoms with Crippen LogP contribution in [0.3, 0.4) is 0 Å². The highest BCUT2D eigenvalue weighted by atomic mass is 16.5. The highest BCUT2D eigenvalue weighted by Gasteiger charge is 2.51. The fourth-order valence-corrected chi connectivity index (χ4v) is 4.92. The Labute approximate surface area is 194 Å². The molecule has 1 aromatic heterocycles. The lowest BCUT2D eigenvalue weighted by atomic mass is 9.92. The summed E-state index contributed by atoms with van der Waals surface area (Å²) in [6, 6.07) is 14.2. The van der Waals surface area contributed by atoms with Crippen molar-refractivity contribution in [1.29, 1.82) is 0 Å². The van der Waals surface area contributed by atoms with Crippen LogP contribution in [-0.4, -0.2) is 40.0 Å². The molecule has 1 fully saturated rings. The molecular formula is C27H32N2O4. The van der Waals surface area contributed by atoms with E-state index >= 15 is 0 Å². The zero-order chi connectivity index (χ0) is 23.4. The standard InChI is InChI=1S/C27H32N2O4/c1-26(2,3)24-13-18-12-20(6-7-22(18)29(24)15-21(31)16-30)28-25(32)27(9-10-27)19-5-4-17-8-11-33-23(17)14-19/h4-7,12-14,21,30-31H,8-11,15-16H2,1-3H3,(H,28,32). The Kier molecular flexibility index (Phi) is 5.26. The zero-order valence-electron chi connectivity index (χ0n) is 19.5. The molecule has 1 atom stereocenters. The van der Waals surface area contributed by atoms with Crippen LogP contribution in [0.5, 0.6) is 5.75 Å². The third-order valence-electron chi connectivity index (χ3n) is 6.97. The van der Waals surface area contributed by atoms with Gasteiger partial charge in [-0.15, -0.1) is 0 Å². The Morgan fingerprint density at radius 1 is 1.18 bits per heavy atom. The van der Waals surface area contributed by atoms with Gasteiger partial charge in [0.2, 0.25) is 5.91 Å². The van der Waals surface area contributed by atoms with Gasteiger partial charge in [0.15, 0.2) is 0 Å². The van der Waals surface area contributed by atoms with Crippen LogP contribution in [0.25, 0.3) is 10.9 Å². The van der Waals surface area contributed by atoms with Crippen molar-refractivity contribution in [2.45, 2.75) is 63.5 Å². The third kappa shape index (κ3) is 3.91. The molecule has 2 aromatic carbocycles. The van der Waals surface area contributed by atoms with E-state index in [0.29, 0.717) is 13.2 Å². The molecular weight excluding hydrogens is 416 g/mol. The van der Waals surface area contributed by atoms with E-state index in [4.69, 9.17) is 4.74 Å². The highest BCUT2D eigenvalue weighted by molar-refractivity contribution is 6.02. The Balaban J connectivity index is 1.43. The average molecular weight is 449 g/mol. The predicted molar refractivity (Wildman–Crippen MR) is 129 cm³/mol. The van der Waals surface area contributed by atoms with Crippen molar-refractivity contribution in [1.82, 2.24) is 4.57 Å². The Morgan fingerprint density at radius 2 is 1.97 bits per heavy atom. The normalized spacial score (nSPS) is 17.5. The maximum absolute atomic E-state index is 13.3. The smallest absolute Gasteiger partial charge is 0.235 e. The second kappa shape index (κ2) is 7.89. The minimum absolute atomic E-state index is 0.0194. The van der Waals surface area contributed by atoms with Crippen LogP contribution in [-0.2, 0) is 28.6 Å². The maximum atomic E-state index is 13.3. The first-order chi connectivity index (χ1) is 15.7. The van der Waals surface area contributed by atoms with Gasteiger partial charge in [-0.05, 0) is 54.3 Å². The van der Waals surface area contributed by atoms with Gasteiger partial charge in [-0.3, -0.25) is 4.79 Å². The molecule has 6 heteroatoms. The monoisotopic (exact) mass is 448 g/mol. The predicted octanol–water partition coefficient (Wildman–Crippen LogP) is 3.90. The van der Waals surface area contributed by atoms with E-state index in [2.05, 4.69) is 48.9 Å². The molecule has 33 heavy (non-hydrogen) atoms. The van der Waals surface area contributed by atoms with Crippen molar-refractivity contribution >= 4 is 22.5 Å². The molecule has 5 rings (SSSR count). The number of hydrogen-bond donors (Lipinski definition) is 3. The van der Waals surface area contributed by atoms with Gasteiger partial charge in [0, 0.05) is 34.1 Å². The van der Waals surface area contributed by atoms with Gasteiger partial charge in [-0.25, -0.2) is 0 Å². The second-order valence-electron chi connectivity index (χ2n) is 10.5. The van der Waals surface area contributed by atoms with E-state index in [1.807, 2.05) is 24.3 Å². The van der Waals surface area contributed by atoms with Crippen molar-refractivity contribution < 1.29 is 19.7 Å². The summed E-state index contributed by atoms with van der Waals surface area (Å²) in [5.41, 5.74) is 4.44. The first-order valence-corrected chi connectivity index (χ1v) is 11.7. The minimum Gasteiger partial charge on any atom is -0.493 e. The number of aromatic nitrogens is 1. The quantitative estimate of drug-likeness (QED) is 0.534. The van der Waals surface area contributed by atoms with Crippen LogP contribution in [0.1, 0.15) is 50.4 Å². The Bertz CT molecular complexity index is 1220. The molecule has 174 valence electrons. The van der Waals surface area contributed by atoms with Crippen LogP contribution < -0.4 is 10.1 Å². The van der Waals surface area contributed by atoms with Crippen molar-refractivity contribution in [2.75, 3.05) is 18.5 Å². The third-order valence-corrected chi connectivity index (χ3v) is 6.97. The summed E-state index contributed by atoms with van der Waals surface area (Å²) in [5, 5.41) is 23.6. The molecule has 1 amide bonds. The number of anilines is 1. The Hall–Kier alpha value is -2.83. The van der Waals surface area contributed by atoms with Gasteiger partial charge in [0.05, 0.1) is 31.3 Å². The van der Waals surface area contributed by atoms with Crippen LogP contribution in [0.2, 0.25) is 0 Å². The topological polar surface area (TPSA) is 83.7 Å². The van der Waals surface area contributed by atoms with Gasteiger partial charge in [0.1, 0.15) is 5.75 Å². The first-order valence-electron chi connectivity index (χ1n) is 11.7. The lowest BCUT2D eigenvalue weighted by Gasteiger charge is -2.23. The van der Waals surface area contributed by atoms with Gasteiger partial charge in [-0.1, -0.05) is 32.9 Å². The number of nitrogens with zero attached hydrogens (tertiary/aromatic N) is 1. The fourth-order valence-electron chi connectivity index (χ4n) is 4.92. The lowest BCUT2D eigenvalue weighted by molar-refractivity contribution is -0.118. The van der Waals surface area contributed by atoms with Crippen molar-refractivity contribution in [3.05, 3.63) is 59.3 Å². The summed E-state index contributed by atoms with van der Waals surface area (Å²) in [6.45, 7) is 7.13. The molecule has 6 nitrogen and oxygen atoms in total. The van der Waals surface area contributed by atoms with Crippen LogP contribution in [0.15, 0.2) is 42.5 Å². The molecule has 1 saturated carbocycles. The number of amides is 1. The van der Waals surface area contributed by atoms with Crippen molar-refractivity contribution in [3.8, 4) is 5.75 Å². The summed E-state index contributed by atoms with van der Waals surface area (Å²) < 4.78 is 7.78. The van der Waals surface area contributed by atoms with Gasteiger partial charge in [-0.2, -0.15) is 0 Å². The zero-order valence-corrected chi connectivity index (χ0v) is 19.5. The molecule has 0 saturated heterocycles. The summed E-state index contributed by atoms with van der Waals surface area (Å²) in [6.07, 6.45) is 1.78. The van der Waals surface area contributed by atoms with Crippen molar-refractivity contribution in [2.24, 2.45) is 0 Å². The minimum atomic E-state index is -0.827. The van der Waals surface area contributed by atoms with Gasteiger partial charge < -0.3 is 24.8 Å². The maximum Gasteiger partial charge on any atom is 0.235 e. The Morgan fingerprint density at radius 3 is 2.67 bits per heavy atom. The molecule has 1 unspecified atom stereocenters. The molecule has 1 aliphatic carbocycles. The largest absolute Gasteiger partial charge is 0.493 e. The molecule has 2 heterocycles. The van der Waals surface area contributed by atoms with E-state index in [-0.39, 0.29) is 17.9 Å². The number of aliphatic hydroxyl groups is 2. The van der Waals surface area contributed by atoms with E-state index in [1.165, 1.54) is 5.56 Å². The number of carbonyl (C=O) groups is 1. The van der Waals surface area contributed by atoms with Gasteiger partial charge in [0.25, 0.3) is 0 Å². The molecule has 0 bridgehead atoms. The summed E-state index contributed by atoms with van der Waals surface area (Å²) in [5.74, 6) is 0.931. The van der Waals surface area contributed by atoms with E-state index in [1.54, 1.807) is 0 Å². The summed E-state index contributed by atoms with van der Waals surface area (Å²) in [7, 11) is 0. The molecule has 3 N–H and O–H groups in total. The van der Waals surface area contributed by atoms with E-state index in [0.717, 1.165) is 52.9 Å². The van der Waals surface area contributed by atoms with Crippen molar-refractivity contribution in [3.63, 3.8) is 0 Å². The molecule has 2 aliphatic rings. The second-order valence-corrected chi connectivity index (χ2v) is 10.5. The number of hydrogen-bond acceptors (Lipinski definition) is 4. The van der Waals surface area contributed by atoms with Crippen LogP contribution in [0.4, 0.5) is 5.69 Å². The lowest BCUT2D eigenvalue weighted by Crippen LogP contribution is -2.27. The fraction of sp³-hybridized carbons (Fsp3) is 0.444. The molecule has 1 aliphatic heterocycles. The van der Waals surface area contributed by atoms with E-state index in [9.17, 15) is 15.0 Å². The number of fused-ring (bicyclic) bond motifs is 2. The average Bonchev–Trinajstić information content (AvgIpc) is 3.32. The number of nitrogens with one attached hydrogen (secondary N) is 1. The summed E-state index contributed by atoms with van der Waals surface area (Å²) >= 11 is 0. The highest BCUT2D eigenvalue weighted by Crippen LogP contribution is 2.50. The number of aliphatic hydroxyl groups excluding tert-OH is 2.